The monoisotopic (exact) mass is 438 g/mol. The van der Waals surface area contributed by atoms with Crippen molar-refractivity contribution in [1.29, 1.82) is 0 Å². The number of unbranched alkanes of at least 4 members (excludes halogenated alkanes) is 1. The van der Waals surface area contributed by atoms with Gasteiger partial charge in [0.2, 0.25) is 11.8 Å². The van der Waals surface area contributed by atoms with Gasteiger partial charge in [0.25, 0.3) is 0 Å². The van der Waals surface area contributed by atoms with Crippen LogP contribution in [0.15, 0.2) is 42.5 Å². The van der Waals surface area contributed by atoms with Crippen LogP contribution in [-0.4, -0.2) is 43.6 Å². The SMILES string of the molecule is CCCCN1C(=O)CC(C(=O)NCc2ccc3c(c2)OCCO3)C1c1ccc(OC)cc1. The first-order valence-corrected chi connectivity index (χ1v) is 11.2. The Morgan fingerprint density at radius 3 is 2.59 bits per heavy atom. The number of likely N-dealkylation sites (tertiary alicyclic amines) is 1. The Morgan fingerprint density at radius 2 is 1.88 bits per heavy atom. The third kappa shape index (κ3) is 4.66. The fourth-order valence-electron chi connectivity index (χ4n) is 4.35. The minimum Gasteiger partial charge on any atom is -0.497 e. The summed E-state index contributed by atoms with van der Waals surface area (Å²) in [4.78, 5) is 27.9. The number of amides is 2. The van der Waals surface area contributed by atoms with E-state index in [0.29, 0.717) is 32.1 Å². The molecule has 2 atom stereocenters. The van der Waals surface area contributed by atoms with Crippen molar-refractivity contribution in [2.75, 3.05) is 26.9 Å². The van der Waals surface area contributed by atoms with Crippen LogP contribution in [0.5, 0.6) is 17.2 Å². The molecule has 2 amide bonds. The van der Waals surface area contributed by atoms with Crippen molar-refractivity contribution < 1.29 is 23.8 Å². The maximum atomic E-state index is 13.2. The highest BCUT2D eigenvalue weighted by Gasteiger charge is 2.44. The Balaban J connectivity index is 1.50. The molecule has 2 aromatic carbocycles. The lowest BCUT2D eigenvalue weighted by atomic mass is 9.92. The van der Waals surface area contributed by atoms with Crippen LogP contribution in [0.1, 0.15) is 43.4 Å². The Hall–Kier alpha value is -3.22. The number of methoxy groups -OCH3 is 1. The zero-order chi connectivity index (χ0) is 22.5. The van der Waals surface area contributed by atoms with Crippen LogP contribution < -0.4 is 19.5 Å². The second-order valence-electron chi connectivity index (χ2n) is 8.17. The van der Waals surface area contributed by atoms with E-state index < -0.39 is 5.92 Å². The number of ether oxygens (including phenoxy) is 3. The molecule has 2 aliphatic rings. The van der Waals surface area contributed by atoms with E-state index in [1.807, 2.05) is 47.4 Å². The van der Waals surface area contributed by atoms with Crippen molar-refractivity contribution in [3.05, 3.63) is 53.6 Å². The van der Waals surface area contributed by atoms with Crippen LogP contribution in [0.2, 0.25) is 0 Å². The summed E-state index contributed by atoms with van der Waals surface area (Å²) in [5.41, 5.74) is 1.88. The van der Waals surface area contributed by atoms with E-state index in [1.165, 1.54) is 0 Å². The minimum atomic E-state index is -0.440. The number of nitrogens with zero attached hydrogens (tertiary/aromatic N) is 1. The maximum Gasteiger partial charge on any atom is 0.226 e. The Bertz CT molecular complexity index is 959. The number of carbonyl (C=O) groups excluding carboxylic acids is 2. The third-order valence-corrected chi connectivity index (χ3v) is 6.05. The molecular formula is C25H30N2O5. The van der Waals surface area contributed by atoms with Gasteiger partial charge in [-0.25, -0.2) is 0 Å². The van der Waals surface area contributed by atoms with Gasteiger partial charge in [-0.1, -0.05) is 31.5 Å². The molecule has 2 unspecified atom stereocenters. The van der Waals surface area contributed by atoms with E-state index in [9.17, 15) is 9.59 Å². The number of fused-ring (bicyclic) bond motifs is 1. The van der Waals surface area contributed by atoms with Gasteiger partial charge in [-0.3, -0.25) is 9.59 Å². The van der Waals surface area contributed by atoms with Gasteiger partial charge in [0.15, 0.2) is 11.5 Å². The van der Waals surface area contributed by atoms with Crippen molar-refractivity contribution >= 4 is 11.8 Å². The van der Waals surface area contributed by atoms with Gasteiger partial charge in [0, 0.05) is 19.5 Å². The van der Waals surface area contributed by atoms with Crippen LogP contribution in [0.4, 0.5) is 0 Å². The highest BCUT2D eigenvalue weighted by molar-refractivity contribution is 5.90. The summed E-state index contributed by atoms with van der Waals surface area (Å²) in [6.07, 6.45) is 2.11. The molecule has 1 N–H and O–H groups in total. The van der Waals surface area contributed by atoms with Crippen molar-refractivity contribution in [2.45, 2.75) is 38.8 Å². The lowest BCUT2D eigenvalue weighted by Gasteiger charge is -2.28. The molecule has 0 radical (unpaired) electrons. The fourth-order valence-corrected chi connectivity index (χ4v) is 4.35. The zero-order valence-corrected chi connectivity index (χ0v) is 18.6. The highest BCUT2D eigenvalue weighted by Crippen LogP contribution is 2.39. The number of carbonyl (C=O) groups is 2. The van der Waals surface area contributed by atoms with Gasteiger partial charge in [-0.2, -0.15) is 0 Å². The fraction of sp³-hybridized carbons (Fsp3) is 0.440. The average molecular weight is 439 g/mol. The van der Waals surface area contributed by atoms with E-state index in [0.717, 1.165) is 35.5 Å². The second kappa shape index (κ2) is 9.94. The van der Waals surface area contributed by atoms with Gasteiger partial charge in [0.1, 0.15) is 19.0 Å². The van der Waals surface area contributed by atoms with Gasteiger partial charge < -0.3 is 24.4 Å². The van der Waals surface area contributed by atoms with E-state index in [-0.39, 0.29) is 24.3 Å². The smallest absolute Gasteiger partial charge is 0.226 e. The number of hydrogen-bond donors (Lipinski definition) is 1. The number of hydrogen-bond acceptors (Lipinski definition) is 5. The summed E-state index contributed by atoms with van der Waals surface area (Å²) in [6.45, 7) is 4.17. The molecule has 32 heavy (non-hydrogen) atoms. The summed E-state index contributed by atoms with van der Waals surface area (Å²) >= 11 is 0. The minimum absolute atomic E-state index is 0.0266. The molecule has 7 nitrogen and oxygen atoms in total. The molecule has 2 aliphatic heterocycles. The summed E-state index contributed by atoms with van der Waals surface area (Å²) in [6, 6.07) is 13.0. The number of rotatable bonds is 8. The predicted octanol–water partition coefficient (Wildman–Crippen LogP) is 3.47. The van der Waals surface area contributed by atoms with Crippen molar-refractivity contribution in [3.8, 4) is 17.2 Å². The third-order valence-electron chi connectivity index (χ3n) is 6.05. The lowest BCUT2D eigenvalue weighted by molar-refractivity contribution is -0.129. The molecule has 0 bridgehead atoms. The summed E-state index contributed by atoms with van der Waals surface area (Å²) < 4.78 is 16.5. The molecule has 0 spiro atoms. The van der Waals surface area contributed by atoms with E-state index in [2.05, 4.69) is 12.2 Å². The Labute approximate surface area is 188 Å². The predicted molar refractivity (Wildman–Crippen MR) is 120 cm³/mol. The largest absolute Gasteiger partial charge is 0.497 e. The second-order valence-corrected chi connectivity index (χ2v) is 8.17. The first-order valence-electron chi connectivity index (χ1n) is 11.2. The first kappa shape index (κ1) is 22.0. The average Bonchev–Trinajstić information content (AvgIpc) is 3.17. The standard InChI is InChI=1S/C25H30N2O5/c1-3-4-11-27-23(28)15-20(24(27)18-6-8-19(30-2)9-7-18)25(29)26-16-17-5-10-21-22(14-17)32-13-12-31-21/h5-10,14,20,24H,3-4,11-13,15-16H2,1-2H3,(H,26,29). The normalized spacial score (nSPS) is 19.7. The van der Waals surface area contributed by atoms with Crippen LogP contribution in [0.3, 0.4) is 0 Å². The van der Waals surface area contributed by atoms with Crippen LogP contribution in [-0.2, 0) is 16.1 Å². The first-order chi connectivity index (χ1) is 15.6. The lowest BCUT2D eigenvalue weighted by Crippen LogP contribution is -2.35. The number of benzene rings is 2. The van der Waals surface area contributed by atoms with Crippen LogP contribution in [0.25, 0.3) is 0 Å². The molecule has 2 heterocycles. The van der Waals surface area contributed by atoms with Gasteiger partial charge in [-0.05, 0) is 41.8 Å². The summed E-state index contributed by atoms with van der Waals surface area (Å²) in [5.74, 6) is 1.63. The van der Waals surface area contributed by atoms with Crippen molar-refractivity contribution in [3.63, 3.8) is 0 Å². The van der Waals surface area contributed by atoms with Crippen LogP contribution >= 0.6 is 0 Å². The quantitative estimate of drug-likeness (QED) is 0.683. The summed E-state index contributed by atoms with van der Waals surface area (Å²) in [7, 11) is 1.62. The molecule has 7 heteroatoms. The highest BCUT2D eigenvalue weighted by atomic mass is 16.6. The topological polar surface area (TPSA) is 77.1 Å². The molecular weight excluding hydrogens is 408 g/mol. The van der Waals surface area contributed by atoms with Gasteiger partial charge in [-0.15, -0.1) is 0 Å². The molecule has 0 aliphatic carbocycles. The Morgan fingerprint density at radius 1 is 1.12 bits per heavy atom. The summed E-state index contributed by atoms with van der Waals surface area (Å²) in [5, 5.41) is 3.03. The van der Waals surface area contributed by atoms with E-state index in [4.69, 9.17) is 14.2 Å². The molecule has 1 saturated heterocycles. The van der Waals surface area contributed by atoms with E-state index >= 15 is 0 Å². The maximum absolute atomic E-state index is 13.2. The molecule has 0 saturated carbocycles. The van der Waals surface area contributed by atoms with Crippen molar-refractivity contribution in [1.82, 2.24) is 10.2 Å². The van der Waals surface area contributed by atoms with E-state index in [1.54, 1.807) is 7.11 Å². The molecule has 170 valence electrons. The zero-order valence-electron chi connectivity index (χ0n) is 18.6. The molecule has 4 rings (SSSR count). The number of nitrogens with one attached hydrogen (secondary N) is 1. The van der Waals surface area contributed by atoms with Gasteiger partial charge >= 0.3 is 0 Å². The van der Waals surface area contributed by atoms with Crippen LogP contribution in [0, 0.1) is 5.92 Å². The van der Waals surface area contributed by atoms with Crippen molar-refractivity contribution in [2.24, 2.45) is 5.92 Å². The molecule has 2 aromatic rings. The van der Waals surface area contributed by atoms with Gasteiger partial charge in [0.05, 0.1) is 19.1 Å². The molecule has 0 aromatic heterocycles. The molecule has 1 fully saturated rings. The Kier molecular flexibility index (Phi) is 6.83.